The minimum Gasteiger partial charge on any atom is -0.497 e. The lowest BCUT2D eigenvalue weighted by atomic mass is 9.55. The Kier molecular flexibility index (Phi) is 25.7. The summed E-state index contributed by atoms with van der Waals surface area (Å²) in [7, 11) is 3.02. The van der Waals surface area contributed by atoms with E-state index in [1.165, 1.54) is 64.9 Å². The average Bonchev–Trinajstić information content (AvgIpc) is 3.44. The van der Waals surface area contributed by atoms with Gasteiger partial charge in [0.25, 0.3) is 5.69 Å². The van der Waals surface area contributed by atoms with Gasteiger partial charge in [-0.3, -0.25) is 20.3 Å². The van der Waals surface area contributed by atoms with Crippen LogP contribution in [0.1, 0.15) is 133 Å². The number of aliphatic hydroxyl groups excluding tert-OH is 3. The highest BCUT2D eigenvalue weighted by Crippen LogP contribution is 2.62. The number of amides is 2. The Balaban J connectivity index is 1.46. The van der Waals surface area contributed by atoms with Gasteiger partial charge in [-0.15, -0.1) is 6.58 Å². The van der Waals surface area contributed by atoms with Crippen LogP contribution in [0, 0.1) is 27.9 Å². The van der Waals surface area contributed by atoms with Gasteiger partial charge >= 0.3 is 12.2 Å². The average molecular weight is 1100 g/mol. The monoisotopic (exact) mass is 1100 g/mol. The number of hydrogen-bond acceptors (Lipinski definition) is 16. The number of carbonyl (C=O) groups is 2. The van der Waals surface area contributed by atoms with E-state index in [2.05, 4.69) is 24.9 Å². The molecule has 1 fully saturated rings. The van der Waals surface area contributed by atoms with Crippen molar-refractivity contribution >= 4 is 29.3 Å². The number of nitro benzene ring substituents is 1. The number of anilines is 1. The second-order valence-corrected chi connectivity index (χ2v) is 20.4. The highest BCUT2D eigenvalue weighted by atomic mass is 16.7. The first-order valence-electron chi connectivity index (χ1n) is 28.3. The molecule has 4 N–H and O–H groups in total. The summed E-state index contributed by atoms with van der Waals surface area (Å²) in [6.07, 6.45) is 17.5. The molecule has 0 radical (unpaired) electrons. The van der Waals surface area contributed by atoms with Crippen LogP contribution in [0.4, 0.5) is 21.0 Å². The maximum atomic E-state index is 14.9. The zero-order chi connectivity index (χ0) is 56.4. The molecule has 79 heavy (non-hydrogen) atoms. The molecule has 6 atom stereocenters. The second-order valence-electron chi connectivity index (χ2n) is 20.4. The molecule has 1 aliphatic heterocycles. The van der Waals surface area contributed by atoms with Crippen LogP contribution in [-0.4, -0.2) is 122 Å². The van der Waals surface area contributed by atoms with Gasteiger partial charge in [0.2, 0.25) is 5.79 Å². The maximum Gasteiger partial charge on any atom is 0.417 e. The van der Waals surface area contributed by atoms with Crippen molar-refractivity contribution in [2.45, 2.75) is 140 Å². The number of aliphatic hydroxyl groups is 3. The molecule has 3 aliphatic rings. The number of ether oxygens (including phenoxy) is 7. The molecule has 6 rings (SSSR count). The van der Waals surface area contributed by atoms with Gasteiger partial charge in [0.15, 0.2) is 0 Å². The van der Waals surface area contributed by atoms with E-state index in [0.717, 1.165) is 30.4 Å². The van der Waals surface area contributed by atoms with E-state index in [1.54, 1.807) is 53.4 Å². The number of hydrogen-bond donors (Lipinski definition) is 4. The first-order valence-corrected chi connectivity index (χ1v) is 28.3. The van der Waals surface area contributed by atoms with E-state index in [1.807, 2.05) is 6.07 Å². The molecular weight excluding hydrogens is 1020 g/mol. The van der Waals surface area contributed by atoms with Gasteiger partial charge in [-0.25, -0.2) is 9.59 Å². The smallest absolute Gasteiger partial charge is 0.417 e. The minimum absolute atomic E-state index is 0.00518. The fourth-order valence-electron chi connectivity index (χ4n) is 11.3. The Hall–Kier alpha value is -6.25. The van der Waals surface area contributed by atoms with Gasteiger partial charge in [0, 0.05) is 55.9 Å². The Morgan fingerprint density at radius 1 is 0.848 bits per heavy atom. The SMILES string of the molecule is C=CCO[C@@]12Oc3ccc(OC(=O)Nc4ccc(OC)cc4OC)cc3[C@H]3[C@H](CCCCO)[C@@H](CCCCO)C=C(C(=NOCc4ccc([N+](=O)[O-])cc4)C[C@@H]1N(CCOCCO)C(=O)OCCCCCCCCCCCC)[C@H]32. The van der Waals surface area contributed by atoms with Crippen LogP contribution in [0.5, 0.6) is 23.0 Å². The summed E-state index contributed by atoms with van der Waals surface area (Å²) in [5, 5.41) is 49.0. The number of unbranched alkanes of at least 4 members (excludes halogenated alkanes) is 11. The number of nitro groups is 1. The molecular formula is C60H84N4O15. The zero-order valence-corrected chi connectivity index (χ0v) is 46.5. The van der Waals surface area contributed by atoms with E-state index in [0.29, 0.717) is 79.2 Å². The van der Waals surface area contributed by atoms with Crippen LogP contribution in [0.15, 0.2) is 90.1 Å². The van der Waals surface area contributed by atoms with Gasteiger partial charge in [0.05, 0.1) is 69.5 Å². The molecule has 0 saturated heterocycles. The largest absolute Gasteiger partial charge is 0.497 e. The number of fused-ring (bicyclic) bond motifs is 2. The Bertz CT molecular complexity index is 2450. The van der Waals surface area contributed by atoms with E-state index in [4.69, 9.17) is 43.2 Å². The summed E-state index contributed by atoms with van der Waals surface area (Å²) >= 11 is 0. The van der Waals surface area contributed by atoms with Crippen molar-refractivity contribution in [2.24, 2.45) is 22.9 Å². The summed E-state index contributed by atoms with van der Waals surface area (Å²) < 4.78 is 43.4. The van der Waals surface area contributed by atoms with Crippen molar-refractivity contribution in [1.29, 1.82) is 0 Å². The predicted molar refractivity (Wildman–Crippen MR) is 300 cm³/mol. The van der Waals surface area contributed by atoms with Crippen LogP contribution in [0.25, 0.3) is 0 Å². The summed E-state index contributed by atoms with van der Waals surface area (Å²) in [4.78, 5) is 47.5. The molecule has 2 aliphatic carbocycles. The number of methoxy groups -OCH3 is 2. The molecule has 3 aromatic carbocycles. The van der Waals surface area contributed by atoms with Crippen molar-refractivity contribution in [3.05, 3.63) is 106 Å². The standard InChI is InChI=1S/C60H84N4O15/c1-5-7-8-9-10-11-12-13-14-19-35-75-59(69)63(30-36-74-37-33-67)55-41-52(62-77-42-43-22-24-45(25-23-43)64(70)71)49-38-44(20-15-17-31-65)48(21-16-18-32-66)56-50-39-47(27-29-53(50)79-60(55,57(49)56)76-34-6-2)78-58(68)61-51-28-26-46(72-3)40-54(51)73-4/h6,22-29,38-40,44,48,55-57,65-67H,2,5,7-21,30-37,41-42H2,1,3-4H3,(H,61,68)/t44-,48+,55-,56+,57+,60+/m0/s1. The second kappa shape index (κ2) is 32.7. The number of rotatable bonds is 36. The van der Waals surface area contributed by atoms with Gasteiger partial charge in [-0.2, -0.15) is 0 Å². The third-order valence-corrected chi connectivity index (χ3v) is 15.1. The lowest BCUT2D eigenvalue weighted by Crippen LogP contribution is -2.70. The number of allylic oxidation sites excluding steroid dienone is 1. The normalized spacial score (nSPS) is 20.5. The first-order chi connectivity index (χ1) is 38.5. The van der Waals surface area contributed by atoms with Crippen LogP contribution in [0.3, 0.4) is 0 Å². The number of nitrogens with one attached hydrogen (secondary N) is 1. The fraction of sp³-hybridized carbons (Fsp3) is 0.583. The number of non-ortho nitro benzene ring substituents is 1. The maximum absolute atomic E-state index is 14.9. The Morgan fingerprint density at radius 3 is 2.23 bits per heavy atom. The third kappa shape index (κ3) is 17.1. The summed E-state index contributed by atoms with van der Waals surface area (Å²) in [6.45, 7) is 6.31. The lowest BCUT2D eigenvalue weighted by molar-refractivity contribution is -0.384. The van der Waals surface area contributed by atoms with Crippen LogP contribution < -0.4 is 24.3 Å². The predicted octanol–water partition coefficient (Wildman–Crippen LogP) is 11.4. The van der Waals surface area contributed by atoms with Gasteiger partial charge in [0.1, 0.15) is 35.6 Å². The molecule has 0 bridgehead atoms. The summed E-state index contributed by atoms with van der Waals surface area (Å²) in [5.74, 6) is -1.50. The van der Waals surface area contributed by atoms with E-state index in [9.17, 15) is 35.0 Å². The van der Waals surface area contributed by atoms with E-state index >= 15 is 0 Å². The van der Waals surface area contributed by atoms with Crippen molar-refractivity contribution in [1.82, 2.24) is 4.90 Å². The molecule has 3 aromatic rings. The van der Waals surface area contributed by atoms with Crippen LogP contribution in [-0.2, 0) is 25.7 Å². The number of carbonyl (C=O) groups excluding carboxylic acids is 2. The number of oxime groups is 1. The van der Waals surface area contributed by atoms with Gasteiger partial charge in [-0.05, 0) is 97.5 Å². The molecule has 19 nitrogen and oxygen atoms in total. The molecule has 0 aromatic heterocycles. The highest BCUT2D eigenvalue weighted by Gasteiger charge is 2.65. The molecule has 0 unspecified atom stereocenters. The van der Waals surface area contributed by atoms with Crippen molar-refractivity contribution in [3.8, 4) is 23.0 Å². The topological polar surface area (TPSA) is 239 Å². The quantitative estimate of drug-likeness (QED) is 0.0183. The first kappa shape index (κ1) is 62.0. The Labute approximate surface area is 465 Å². The highest BCUT2D eigenvalue weighted by molar-refractivity contribution is 6.03. The number of benzene rings is 3. The minimum atomic E-state index is -1.64. The van der Waals surface area contributed by atoms with E-state index in [-0.39, 0.29) is 89.1 Å². The molecule has 1 saturated carbocycles. The van der Waals surface area contributed by atoms with Gasteiger partial charge in [-0.1, -0.05) is 94.9 Å². The molecule has 19 heteroatoms. The summed E-state index contributed by atoms with van der Waals surface area (Å²) in [6, 6.07) is 15.3. The molecule has 0 spiro atoms. The summed E-state index contributed by atoms with van der Waals surface area (Å²) in [5.41, 5.74) is 2.93. The molecule has 1 heterocycles. The van der Waals surface area contributed by atoms with Crippen molar-refractivity contribution in [3.63, 3.8) is 0 Å². The van der Waals surface area contributed by atoms with Crippen LogP contribution in [0.2, 0.25) is 0 Å². The molecule has 434 valence electrons. The van der Waals surface area contributed by atoms with E-state index < -0.39 is 40.8 Å². The third-order valence-electron chi connectivity index (χ3n) is 15.1. The van der Waals surface area contributed by atoms with Crippen molar-refractivity contribution < 1.29 is 67.8 Å². The lowest BCUT2D eigenvalue weighted by Gasteiger charge is -2.59. The zero-order valence-electron chi connectivity index (χ0n) is 46.5. The van der Waals surface area contributed by atoms with Crippen LogP contribution >= 0.6 is 0 Å². The van der Waals surface area contributed by atoms with Gasteiger partial charge < -0.3 is 53.3 Å². The Morgan fingerprint density at radius 2 is 1.56 bits per heavy atom. The molecule has 2 amide bonds. The van der Waals surface area contributed by atoms with Crippen molar-refractivity contribution in [2.75, 3.05) is 72.3 Å². The fourth-order valence-corrected chi connectivity index (χ4v) is 11.3. The number of nitrogens with zero attached hydrogens (tertiary/aromatic N) is 3.